The maximum absolute atomic E-state index is 13.0. The SMILES string of the molecule is Cc1ncnc2c1[C@H]1CC[C@H](CC1)OCC1[C@@H](NS(=O)(=O)C(C)C)CCN1C(=O)CO2. The van der Waals surface area contributed by atoms with Crippen LogP contribution in [0.2, 0.25) is 0 Å². The van der Waals surface area contributed by atoms with Crippen molar-refractivity contribution in [1.29, 1.82) is 0 Å². The number of hydrogen-bond acceptors (Lipinski definition) is 7. The lowest BCUT2D eigenvalue weighted by molar-refractivity contribution is -0.136. The normalized spacial score (nSPS) is 29.5. The van der Waals surface area contributed by atoms with Gasteiger partial charge in [0.2, 0.25) is 15.9 Å². The van der Waals surface area contributed by atoms with Crippen molar-refractivity contribution >= 4 is 15.9 Å². The third kappa shape index (κ3) is 4.70. The van der Waals surface area contributed by atoms with Gasteiger partial charge in [0.05, 0.1) is 24.0 Å². The van der Waals surface area contributed by atoms with E-state index < -0.39 is 15.3 Å². The molecule has 10 heteroatoms. The van der Waals surface area contributed by atoms with Crippen molar-refractivity contribution in [3.8, 4) is 5.88 Å². The van der Waals surface area contributed by atoms with E-state index in [4.69, 9.17) is 9.47 Å². The molecule has 1 aliphatic carbocycles. The Kier molecular flexibility index (Phi) is 6.50. The van der Waals surface area contributed by atoms with Crippen LogP contribution in [-0.2, 0) is 19.6 Å². The first kappa shape index (κ1) is 22.4. The quantitative estimate of drug-likeness (QED) is 0.740. The number of fused-ring (bicyclic) bond motifs is 5. The van der Waals surface area contributed by atoms with Gasteiger partial charge in [0, 0.05) is 23.8 Å². The van der Waals surface area contributed by atoms with Crippen LogP contribution in [-0.4, -0.2) is 72.4 Å². The molecule has 2 atom stereocenters. The molecule has 2 bridgehead atoms. The third-order valence-electron chi connectivity index (χ3n) is 6.77. The largest absolute Gasteiger partial charge is 0.467 e. The highest BCUT2D eigenvalue weighted by Crippen LogP contribution is 2.39. The molecular formula is C21H32N4O5S. The number of amides is 1. The van der Waals surface area contributed by atoms with Gasteiger partial charge in [-0.3, -0.25) is 4.79 Å². The molecule has 31 heavy (non-hydrogen) atoms. The maximum atomic E-state index is 13.0. The first-order valence-electron chi connectivity index (χ1n) is 11.1. The van der Waals surface area contributed by atoms with Gasteiger partial charge in [-0.25, -0.2) is 23.1 Å². The Bertz CT molecular complexity index is 914. The fourth-order valence-electron chi connectivity index (χ4n) is 4.87. The first-order valence-corrected chi connectivity index (χ1v) is 12.7. The molecule has 3 aliphatic heterocycles. The molecule has 1 saturated heterocycles. The van der Waals surface area contributed by atoms with Crippen molar-refractivity contribution in [2.24, 2.45) is 0 Å². The van der Waals surface area contributed by atoms with E-state index >= 15 is 0 Å². The van der Waals surface area contributed by atoms with E-state index in [1.54, 1.807) is 18.7 Å². The minimum atomic E-state index is -3.45. The molecule has 0 aromatic carbocycles. The Labute approximate surface area is 184 Å². The van der Waals surface area contributed by atoms with E-state index in [-0.39, 0.29) is 36.6 Å². The molecule has 0 radical (unpaired) electrons. The lowest BCUT2D eigenvalue weighted by Gasteiger charge is -2.32. The van der Waals surface area contributed by atoms with E-state index in [1.807, 2.05) is 6.92 Å². The zero-order valence-corrected chi connectivity index (χ0v) is 19.2. The molecule has 1 aromatic rings. The summed E-state index contributed by atoms with van der Waals surface area (Å²) in [5, 5.41) is -0.536. The summed E-state index contributed by atoms with van der Waals surface area (Å²) in [5.41, 5.74) is 1.88. The lowest BCUT2D eigenvalue weighted by Crippen LogP contribution is -2.51. The molecule has 9 nitrogen and oxygen atoms in total. The number of rotatable bonds is 3. The maximum Gasteiger partial charge on any atom is 0.260 e. The van der Waals surface area contributed by atoms with Crippen molar-refractivity contribution in [3.63, 3.8) is 0 Å². The summed E-state index contributed by atoms with van der Waals surface area (Å²) in [6, 6.07) is -0.718. The fourth-order valence-corrected chi connectivity index (χ4v) is 5.84. The lowest BCUT2D eigenvalue weighted by atomic mass is 9.82. The van der Waals surface area contributed by atoms with Gasteiger partial charge in [-0.15, -0.1) is 0 Å². The number of carbonyl (C=O) groups is 1. The van der Waals surface area contributed by atoms with Gasteiger partial charge in [0.1, 0.15) is 6.33 Å². The Balaban J connectivity index is 1.60. The van der Waals surface area contributed by atoms with E-state index in [9.17, 15) is 13.2 Å². The predicted octanol–water partition coefficient (Wildman–Crippen LogP) is 1.52. The van der Waals surface area contributed by atoms with E-state index in [0.29, 0.717) is 25.5 Å². The van der Waals surface area contributed by atoms with Gasteiger partial charge >= 0.3 is 0 Å². The minimum absolute atomic E-state index is 0.103. The van der Waals surface area contributed by atoms with Gasteiger partial charge in [0.15, 0.2) is 6.61 Å². The molecule has 1 amide bonds. The molecule has 5 rings (SSSR count). The molecule has 1 saturated carbocycles. The zero-order chi connectivity index (χ0) is 22.2. The van der Waals surface area contributed by atoms with Crippen molar-refractivity contribution in [2.45, 2.75) is 82.2 Å². The highest BCUT2D eigenvalue weighted by atomic mass is 32.2. The van der Waals surface area contributed by atoms with Gasteiger partial charge in [0.25, 0.3) is 5.91 Å². The number of nitrogens with zero attached hydrogens (tertiary/aromatic N) is 3. The summed E-state index contributed by atoms with van der Waals surface area (Å²) in [5.74, 6) is 0.586. The highest BCUT2D eigenvalue weighted by molar-refractivity contribution is 7.90. The van der Waals surface area contributed by atoms with Crippen LogP contribution >= 0.6 is 0 Å². The molecule has 0 spiro atoms. The van der Waals surface area contributed by atoms with Crippen molar-refractivity contribution in [1.82, 2.24) is 19.6 Å². The second-order valence-electron chi connectivity index (χ2n) is 9.03. The standard InChI is InChI=1S/C21H32N4O5S/c1-13(2)31(27,28)24-17-8-9-25-18(17)10-29-16-6-4-15(5-7-16)20-14(3)22-12-23-21(20)30-11-19(25)26/h12-13,15-18,24H,4-11H2,1-3H3/t15-,16+,17-,18?/m0/s1. The number of nitrogens with one attached hydrogen (secondary N) is 1. The molecule has 2 fully saturated rings. The van der Waals surface area contributed by atoms with E-state index in [1.165, 1.54) is 6.33 Å². The Morgan fingerprint density at radius 2 is 1.90 bits per heavy atom. The smallest absolute Gasteiger partial charge is 0.260 e. The Morgan fingerprint density at radius 1 is 1.16 bits per heavy atom. The number of aromatic nitrogens is 2. The van der Waals surface area contributed by atoms with Crippen LogP contribution < -0.4 is 9.46 Å². The third-order valence-corrected chi connectivity index (χ3v) is 8.64. The number of hydrogen-bond donors (Lipinski definition) is 1. The van der Waals surface area contributed by atoms with E-state index in [2.05, 4.69) is 14.7 Å². The molecular weight excluding hydrogens is 420 g/mol. The first-order chi connectivity index (χ1) is 14.8. The number of ether oxygens (including phenoxy) is 2. The van der Waals surface area contributed by atoms with Crippen LogP contribution in [0.15, 0.2) is 6.33 Å². The Hall–Kier alpha value is -1.78. The van der Waals surface area contributed by atoms with E-state index in [0.717, 1.165) is 36.9 Å². The molecule has 172 valence electrons. The summed E-state index contributed by atoms with van der Waals surface area (Å²) >= 11 is 0. The molecule has 4 heterocycles. The summed E-state index contributed by atoms with van der Waals surface area (Å²) in [6.45, 7) is 5.89. The van der Waals surface area contributed by atoms with Crippen LogP contribution in [0, 0.1) is 6.92 Å². The topological polar surface area (TPSA) is 111 Å². The average molecular weight is 453 g/mol. The van der Waals surface area contributed by atoms with Crippen molar-refractivity contribution < 1.29 is 22.7 Å². The van der Waals surface area contributed by atoms with Gasteiger partial charge < -0.3 is 14.4 Å². The number of carbonyl (C=O) groups excluding carboxylic acids is 1. The molecule has 1 N–H and O–H groups in total. The summed E-state index contributed by atoms with van der Waals surface area (Å²) < 4.78 is 39.9. The van der Waals surface area contributed by atoms with Gasteiger partial charge in [-0.05, 0) is 58.8 Å². The van der Waals surface area contributed by atoms with Gasteiger partial charge in [-0.1, -0.05) is 0 Å². The van der Waals surface area contributed by atoms with Crippen LogP contribution in [0.5, 0.6) is 5.88 Å². The second kappa shape index (κ2) is 8.99. The minimum Gasteiger partial charge on any atom is -0.467 e. The van der Waals surface area contributed by atoms with Crippen LogP contribution in [0.4, 0.5) is 0 Å². The fraction of sp³-hybridized carbons (Fsp3) is 0.762. The van der Waals surface area contributed by atoms with Crippen LogP contribution in [0.25, 0.3) is 0 Å². The summed E-state index contributed by atoms with van der Waals surface area (Å²) in [6.07, 6.45) is 5.83. The van der Waals surface area contributed by atoms with Crippen LogP contribution in [0.3, 0.4) is 0 Å². The summed E-state index contributed by atoms with van der Waals surface area (Å²) in [7, 11) is -3.45. The highest BCUT2D eigenvalue weighted by Gasteiger charge is 2.41. The second-order valence-corrected chi connectivity index (χ2v) is 11.3. The number of aryl methyl sites for hydroxylation is 1. The summed E-state index contributed by atoms with van der Waals surface area (Å²) in [4.78, 5) is 23.4. The molecule has 4 aliphatic rings. The number of sulfonamides is 1. The van der Waals surface area contributed by atoms with Crippen molar-refractivity contribution in [2.75, 3.05) is 19.8 Å². The molecule has 1 aromatic heterocycles. The van der Waals surface area contributed by atoms with Gasteiger partial charge in [-0.2, -0.15) is 0 Å². The van der Waals surface area contributed by atoms with Crippen molar-refractivity contribution in [3.05, 3.63) is 17.6 Å². The Morgan fingerprint density at radius 3 is 2.61 bits per heavy atom. The van der Waals surface area contributed by atoms with Crippen LogP contribution in [0.1, 0.15) is 63.1 Å². The molecule has 1 unspecified atom stereocenters. The predicted molar refractivity (Wildman–Crippen MR) is 114 cm³/mol. The monoisotopic (exact) mass is 452 g/mol. The zero-order valence-electron chi connectivity index (χ0n) is 18.4. The average Bonchev–Trinajstić information content (AvgIpc) is 3.12.